The van der Waals surface area contributed by atoms with Gasteiger partial charge in [0.1, 0.15) is 6.61 Å². The molecule has 0 fully saturated rings. The third-order valence-corrected chi connectivity index (χ3v) is 2.69. The molecule has 4 nitrogen and oxygen atoms in total. The molecule has 0 heterocycles. The highest BCUT2D eigenvalue weighted by atomic mass is 16.5. The number of carbonyl (C=O) groups excluding carboxylic acids is 1. The van der Waals surface area contributed by atoms with Gasteiger partial charge in [0.25, 0.3) is 0 Å². The fraction of sp³-hybridized carbons (Fsp3) is 0.533. The molecular weight excluding hydrogens is 242 g/mol. The second-order valence-electron chi connectivity index (χ2n) is 5.05. The van der Waals surface area contributed by atoms with Gasteiger partial charge in [-0.3, -0.25) is 4.79 Å². The quantitative estimate of drug-likeness (QED) is 0.752. The molecule has 0 aromatic heterocycles. The zero-order valence-electron chi connectivity index (χ0n) is 11.6. The summed E-state index contributed by atoms with van der Waals surface area (Å²) >= 11 is 0. The summed E-state index contributed by atoms with van der Waals surface area (Å²) in [4.78, 5) is 11.6. The van der Waals surface area contributed by atoms with E-state index in [4.69, 9.17) is 4.74 Å². The Balaban J connectivity index is 2.23. The van der Waals surface area contributed by atoms with E-state index >= 15 is 0 Å². The summed E-state index contributed by atoms with van der Waals surface area (Å²) in [5.74, 6) is 0.248. The van der Waals surface area contributed by atoms with Crippen LogP contribution in [0.1, 0.15) is 25.8 Å². The van der Waals surface area contributed by atoms with Crippen LogP contribution in [0.3, 0.4) is 0 Å². The lowest BCUT2D eigenvalue weighted by atomic mass is 10.0. The molecule has 0 radical (unpaired) electrons. The first kappa shape index (κ1) is 15.7. The van der Waals surface area contributed by atoms with Crippen LogP contribution in [-0.2, 0) is 16.1 Å². The van der Waals surface area contributed by atoms with Gasteiger partial charge in [0.2, 0.25) is 5.91 Å². The highest BCUT2D eigenvalue weighted by molar-refractivity contribution is 5.77. The van der Waals surface area contributed by atoms with Gasteiger partial charge in [0, 0.05) is 0 Å². The molecule has 1 aromatic carbocycles. The average molecular weight is 265 g/mol. The number of hydrogen-bond acceptors (Lipinski definition) is 3. The predicted octanol–water partition coefficient (Wildman–Crippen LogP) is 1.73. The van der Waals surface area contributed by atoms with Gasteiger partial charge < -0.3 is 15.2 Å². The number of amides is 1. The van der Waals surface area contributed by atoms with Crippen molar-refractivity contribution in [3.8, 4) is 0 Å². The number of ether oxygens (including phenoxy) is 1. The Labute approximate surface area is 114 Å². The summed E-state index contributed by atoms with van der Waals surface area (Å²) in [6.07, 6.45) is 0.765. The van der Waals surface area contributed by atoms with Gasteiger partial charge in [0.15, 0.2) is 0 Å². The van der Waals surface area contributed by atoms with Gasteiger partial charge in [-0.1, -0.05) is 44.2 Å². The molecule has 0 bridgehead atoms. The van der Waals surface area contributed by atoms with Crippen molar-refractivity contribution in [1.82, 2.24) is 5.32 Å². The van der Waals surface area contributed by atoms with Gasteiger partial charge in [-0.25, -0.2) is 0 Å². The molecule has 19 heavy (non-hydrogen) atoms. The zero-order chi connectivity index (χ0) is 14.1. The first-order chi connectivity index (χ1) is 9.11. The highest BCUT2D eigenvalue weighted by Crippen LogP contribution is 2.04. The lowest BCUT2D eigenvalue weighted by molar-refractivity contribution is -0.127. The zero-order valence-corrected chi connectivity index (χ0v) is 11.6. The van der Waals surface area contributed by atoms with Crippen LogP contribution < -0.4 is 5.32 Å². The summed E-state index contributed by atoms with van der Waals surface area (Å²) in [6, 6.07) is 9.52. The maximum absolute atomic E-state index is 11.6. The van der Waals surface area contributed by atoms with E-state index in [-0.39, 0.29) is 25.2 Å². The molecule has 0 aliphatic rings. The van der Waals surface area contributed by atoms with Crippen molar-refractivity contribution in [3.05, 3.63) is 35.9 Å². The smallest absolute Gasteiger partial charge is 0.246 e. The van der Waals surface area contributed by atoms with Crippen molar-refractivity contribution in [2.75, 3.05) is 13.2 Å². The van der Waals surface area contributed by atoms with Gasteiger partial charge in [-0.05, 0) is 17.9 Å². The van der Waals surface area contributed by atoms with Crippen molar-refractivity contribution in [3.63, 3.8) is 0 Å². The van der Waals surface area contributed by atoms with E-state index in [2.05, 4.69) is 19.2 Å². The Hall–Kier alpha value is -1.39. The lowest BCUT2D eigenvalue weighted by Crippen LogP contribution is -2.40. The van der Waals surface area contributed by atoms with E-state index in [1.807, 2.05) is 30.3 Å². The predicted molar refractivity (Wildman–Crippen MR) is 74.6 cm³/mol. The highest BCUT2D eigenvalue weighted by Gasteiger charge is 2.12. The Bertz CT molecular complexity index is 365. The second kappa shape index (κ2) is 8.67. The third-order valence-electron chi connectivity index (χ3n) is 2.69. The number of rotatable bonds is 8. The summed E-state index contributed by atoms with van der Waals surface area (Å²) in [5.41, 5.74) is 1.04. The number of aliphatic hydroxyl groups is 1. The minimum absolute atomic E-state index is 0.0174. The van der Waals surface area contributed by atoms with Gasteiger partial charge in [-0.2, -0.15) is 0 Å². The maximum Gasteiger partial charge on any atom is 0.246 e. The molecule has 4 heteroatoms. The number of aliphatic hydroxyl groups excluding tert-OH is 1. The lowest BCUT2D eigenvalue weighted by Gasteiger charge is -2.18. The molecule has 1 rings (SSSR count). The topological polar surface area (TPSA) is 58.6 Å². The van der Waals surface area contributed by atoms with Crippen LogP contribution >= 0.6 is 0 Å². The minimum Gasteiger partial charge on any atom is -0.394 e. The Morgan fingerprint density at radius 3 is 2.58 bits per heavy atom. The van der Waals surface area contributed by atoms with E-state index in [0.29, 0.717) is 12.5 Å². The first-order valence-corrected chi connectivity index (χ1v) is 6.63. The Kier molecular flexibility index (Phi) is 7.15. The standard InChI is InChI=1S/C15H23NO3/c1-12(2)8-14(9-17)16-15(18)11-19-10-13-6-4-3-5-7-13/h3-7,12,14,17H,8-11H2,1-2H3,(H,16,18). The van der Waals surface area contributed by atoms with Crippen LogP contribution in [0.25, 0.3) is 0 Å². The maximum atomic E-state index is 11.6. The molecule has 0 aliphatic heterocycles. The molecule has 106 valence electrons. The summed E-state index contributed by atoms with van der Waals surface area (Å²) < 4.78 is 5.34. The third kappa shape index (κ3) is 6.94. The molecule has 0 saturated carbocycles. The normalized spacial score (nSPS) is 12.4. The Morgan fingerprint density at radius 1 is 1.32 bits per heavy atom. The minimum atomic E-state index is -0.187. The first-order valence-electron chi connectivity index (χ1n) is 6.63. The van der Waals surface area contributed by atoms with Crippen molar-refractivity contribution in [2.24, 2.45) is 5.92 Å². The molecular formula is C15H23NO3. The van der Waals surface area contributed by atoms with Crippen LogP contribution in [0, 0.1) is 5.92 Å². The molecule has 1 aromatic rings. The summed E-state index contributed by atoms with van der Waals surface area (Å²) in [5, 5.41) is 11.9. The summed E-state index contributed by atoms with van der Waals surface area (Å²) in [7, 11) is 0. The van der Waals surface area contributed by atoms with Crippen LogP contribution in [0.15, 0.2) is 30.3 Å². The molecule has 1 amide bonds. The van der Waals surface area contributed by atoms with Crippen LogP contribution in [-0.4, -0.2) is 30.3 Å². The Morgan fingerprint density at radius 2 is 2.00 bits per heavy atom. The second-order valence-corrected chi connectivity index (χ2v) is 5.05. The summed E-state index contributed by atoms with van der Waals surface area (Å²) in [6.45, 7) is 4.51. The van der Waals surface area contributed by atoms with E-state index in [1.165, 1.54) is 0 Å². The van der Waals surface area contributed by atoms with E-state index in [0.717, 1.165) is 12.0 Å². The monoisotopic (exact) mass is 265 g/mol. The van der Waals surface area contributed by atoms with Gasteiger partial charge in [0.05, 0.1) is 19.3 Å². The molecule has 1 unspecified atom stereocenters. The number of benzene rings is 1. The molecule has 0 aliphatic carbocycles. The number of hydrogen-bond donors (Lipinski definition) is 2. The van der Waals surface area contributed by atoms with Crippen molar-refractivity contribution in [2.45, 2.75) is 32.9 Å². The largest absolute Gasteiger partial charge is 0.394 e. The van der Waals surface area contributed by atoms with Crippen molar-refractivity contribution >= 4 is 5.91 Å². The SMILES string of the molecule is CC(C)CC(CO)NC(=O)COCc1ccccc1. The molecule has 0 spiro atoms. The molecule has 2 N–H and O–H groups in total. The van der Waals surface area contributed by atoms with Gasteiger partial charge >= 0.3 is 0 Å². The van der Waals surface area contributed by atoms with E-state index in [1.54, 1.807) is 0 Å². The fourth-order valence-corrected chi connectivity index (χ4v) is 1.85. The molecule has 0 saturated heterocycles. The van der Waals surface area contributed by atoms with Crippen LogP contribution in [0.2, 0.25) is 0 Å². The van der Waals surface area contributed by atoms with Crippen molar-refractivity contribution < 1.29 is 14.6 Å². The van der Waals surface area contributed by atoms with Crippen LogP contribution in [0.4, 0.5) is 0 Å². The van der Waals surface area contributed by atoms with E-state index in [9.17, 15) is 9.90 Å². The number of carbonyl (C=O) groups is 1. The van der Waals surface area contributed by atoms with E-state index < -0.39 is 0 Å². The molecule has 1 atom stereocenters. The average Bonchev–Trinajstić information content (AvgIpc) is 2.38. The van der Waals surface area contributed by atoms with Gasteiger partial charge in [-0.15, -0.1) is 0 Å². The fourth-order valence-electron chi connectivity index (χ4n) is 1.85. The number of nitrogens with one attached hydrogen (secondary N) is 1. The van der Waals surface area contributed by atoms with Crippen molar-refractivity contribution in [1.29, 1.82) is 0 Å². The van der Waals surface area contributed by atoms with Crippen LogP contribution in [0.5, 0.6) is 0 Å².